The Morgan fingerprint density at radius 3 is 2.90 bits per heavy atom. The number of amides is 1. The lowest BCUT2D eigenvalue weighted by Crippen LogP contribution is -2.32. The van der Waals surface area contributed by atoms with E-state index in [-0.39, 0.29) is 18.6 Å². The fraction of sp³-hybridized carbons (Fsp3) is 0.438. The van der Waals surface area contributed by atoms with Gasteiger partial charge in [0.15, 0.2) is 0 Å². The van der Waals surface area contributed by atoms with Gasteiger partial charge in [-0.2, -0.15) is 0 Å². The predicted octanol–water partition coefficient (Wildman–Crippen LogP) is 1.49. The Morgan fingerprint density at radius 2 is 2.25 bits per heavy atom. The molecule has 0 spiro atoms. The fourth-order valence-corrected chi connectivity index (χ4v) is 1.76. The molecule has 2 N–H and O–H groups in total. The van der Waals surface area contributed by atoms with Crippen LogP contribution in [0.1, 0.15) is 35.3 Å². The average Bonchev–Trinajstić information content (AvgIpc) is 2.43. The number of nitrogens with one attached hydrogen (secondary N) is 1. The van der Waals surface area contributed by atoms with E-state index in [2.05, 4.69) is 17.2 Å². The lowest BCUT2D eigenvalue weighted by molar-refractivity contribution is 0.0695. The van der Waals surface area contributed by atoms with Crippen LogP contribution in [0.3, 0.4) is 0 Å². The van der Waals surface area contributed by atoms with Crippen LogP contribution in [0.25, 0.3) is 0 Å². The molecule has 4 heteroatoms. The van der Waals surface area contributed by atoms with Gasteiger partial charge in [0.25, 0.3) is 5.91 Å². The normalized spacial score (nSPS) is 11.4. The first-order valence-corrected chi connectivity index (χ1v) is 6.68. The molecule has 0 fully saturated rings. The zero-order valence-electron chi connectivity index (χ0n) is 12.2. The summed E-state index contributed by atoms with van der Waals surface area (Å²) in [6.07, 6.45) is -0.0271. The molecule has 4 nitrogen and oxygen atoms in total. The smallest absolute Gasteiger partial charge is 0.252 e. The molecule has 0 aliphatic rings. The standard InChI is InChI=1S/C16H21NO3/c1-4-20-13(3)11-17-16(19)15-10-12(2)7-8-14(15)6-5-9-18/h7-8,10,13,18H,4,9,11H2,1-3H3,(H,17,19). The summed E-state index contributed by atoms with van der Waals surface area (Å²) in [7, 11) is 0. The SMILES string of the molecule is CCOC(C)CNC(=O)c1cc(C)ccc1C#CCO. The molecule has 0 saturated carbocycles. The van der Waals surface area contributed by atoms with E-state index in [0.29, 0.717) is 24.3 Å². The van der Waals surface area contributed by atoms with Crippen molar-refractivity contribution in [1.82, 2.24) is 5.32 Å². The van der Waals surface area contributed by atoms with Crippen molar-refractivity contribution in [3.8, 4) is 11.8 Å². The molecular formula is C16H21NO3. The summed E-state index contributed by atoms with van der Waals surface area (Å²) in [5.41, 5.74) is 2.13. The Kier molecular flexibility index (Phi) is 6.78. The van der Waals surface area contributed by atoms with E-state index in [9.17, 15) is 4.79 Å². The van der Waals surface area contributed by atoms with E-state index in [1.807, 2.05) is 26.8 Å². The van der Waals surface area contributed by atoms with Gasteiger partial charge < -0.3 is 15.2 Å². The summed E-state index contributed by atoms with van der Waals surface area (Å²) in [5.74, 6) is 5.18. The molecule has 1 aromatic rings. The molecule has 1 atom stereocenters. The van der Waals surface area contributed by atoms with Crippen LogP contribution >= 0.6 is 0 Å². The highest BCUT2D eigenvalue weighted by atomic mass is 16.5. The summed E-state index contributed by atoms with van der Waals surface area (Å²) in [4.78, 5) is 12.2. The maximum atomic E-state index is 12.2. The average molecular weight is 275 g/mol. The van der Waals surface area contributed by atoms with Gasteiger partial charge in [0.1, 0.15) is 6.61 Å². The Morgan fingerprint density at radius 1 is 1.50 bits per heavy atom. The highest BCUT2D eigenvalue weighted by Gasteiger charge is 2.11. The van der Waals surface area contributed by atoms with Crippen molar-refractivity contribution in [2.24, 2.45) is 0 Å². The number of ether oxygens (including phenoxy) is 1. The molecule has 0 bridgehead atoms. The van der Waals surface area contributed by atoms with Gasteiger partial charge in [0.2, 0.25) is 0 Å². The van der Waals surface area contributed by atoms with Crippen molar-refractivity contribution >= 4 is 5.91 Å². The van der Waals surface area contributed by atoms with Crippen molar-refractivity contribution in [2.75, 3.05) is 19.8 Å². The lowest BCUT2D eigenvalue weighted by Gasteiger charge is -2.13. The van der Waals surface area contributed by atoms with Crippen molar-refractivity contribution < 1.29 is 14.6 Å². The third-order valence-electron chi connectivity index (χ3n) is 2.72. The highest BCUT2D eigenvalue weighted by molar-refractivity contribution is 5.97. The first-order chi connectivity index (χ1) is 9.58. The van der Waals surface area contributed by atoms with Crippen molar-refractivity contribution in [1.29, 1.82) is 0 Å². The number of carbonyl (C=O) groups excluding carboxylic acids is 1. The molecule has 1 rings (SSSR count). The molecular weight excluding hydrogens is 254 g/mol. The quantitative estimate of drug-likeness (QED) is 0.801. The minimum absolute atomic E-state index is 0.0271. The van der Waals surface area contributed by atoms with Gasteiger partial charge in [-0.15, -0.1) is 0 Å². The van der Waals surface area contributed by atoms with Crippen molar-refractivity contribution in [2.45, 2.75) is 26.9 Å². The lowest BCUT2D eigenvalue weighted by atomic mass is 10.0. The number of aliphatic hydroxyl groups is 1. The number of hydrogen-bond acceptors (Lipinski definition) is 3. The second-order valence-electron chi connectivity index (χ2n) is 4.48. The third-order valence-corrected chi connectivity index (χ3v) is 2.72. The van der Waals surface area contributed by atoms with E-state index in [1.165, 1.54) is 0 Å². The van der Waals surface area contributed by atoms with Gasteiger partial charge in [-0.05, 0) is 32.9 Å². The maximum Gasteiger partial charge on any atom is 0.252 e. The largest absolute Gasteiger partial charge is 0.384 e. The summed E-state index contributed by atoms with van der Waals surface area (Å²) in [6, 6.07) is 5.47. The van der Waals surface area contributed by atoms with Crippen LogP contribution in [-0.4, -0.2) is 36.9 Å². The third kappa shape index (κ3) is 5.04. The topological polar surface area (TPSA) is 58.6 Å². The van der Waals surface area contributed by atoms with Crippen molar-refractivity contribution in [3.05, 3.63) is 34.9 Å². The van der Waals surface area contributed by atoms with Gasteiger partial charge in [0.05, 0.1) is 11.7 Å². The Bertz CT molecular complexity index is 514. The Balaban J connectivity index is 2.83. The maximum absolute atomic E-state index is 12.2. The minimum atomic E-state index is -0.226. The number of benzene rings is 1. The van der Waals surface area contributed by atoms with E-state index in [4.69, 9.17) is 9.84 Å². The summed E-state index contributed by atoms with van der Waals surface area (Å²) < 4.78 is 5.37. The van der Waals surface area contributed by atoms with E-state index < -0.39 is 0 Å². The second-order valence-corrected chi connectivity index (χ2v) is 4.48. The molecule has 1 unspecified atom stereocenters. The number of rotatable bonds is 5. The number of aliphatic hydroxyl groups excluding tert-OH is 1. The molecule has 0 heterocycles. The van der Waals surface area contributed by atoms with Crippen molar-refractivity contribution in [3.63, 3.8) is 0 Å². The highest BCUT2D eigenvalue weighted by Crippen LogP contribution is 2.11. The van der Waals surface area contributed by atoms with Gasteiger partial charge in [0, 0.05) is 18.7 Å². The van der Waals surface area contributed by atoms with E-state index in [0.717, 1.165) is 5.56 Å². The first kappa shape index (κ1) is 16.2. The molecule has 0 aliphatic carbocycles. The van der Waals surface area contributed by atoms with Crippen LogP contribution in [0.15, 0.2) is 18.2 Å². The first-order valence-electron chi connectivity index (χ1n) is 6.68. The van der Waals surface area contributed by atoms with Crippen LogP contribution < -0.4 is 5.32 Å². The van der Waals surface area contributed by atoms with Crippen LogP contribution in [0.4, 0.5) is 0 Å². The molecule has 1 aromatic carbocycles. The molecule has 20 heavy (non-hydrogen) atoms. The molecule has 0 aliphatic heterocycles. The molecule has 0 radical (unpaired) electrons. The number of carbonyl (C=O) groups is 1. The molecule has 0 saturated heterocycles. The summed E-state index contributed by atoms with van der Waals surface area (Å²) in [6.45, 7) is 6.59. The molecule has 0 aromatic heterocycles. The van der Waals surface area contributed by atoms with Gasteiger partial charge >= 0.3 is 0 Å². The second kappa shape index (κ2) is 8.36. The van der Waals surface area contributed by atoms with Gasteiger partial charge in [-0.25, -0.2) is 0 Å². The van der Waals surface area contributed by atoms with Gasteiger partial charge in [-0.1, -0.05) is 23.5 Å². The van der Waals surface area contributed by atoms with E-state index in [1.54, 1.807) is 12.1 Å². The minimum Gasteiger partial charge on any atom is -0.384 e. The molecule has 108 valence electrons. The molecule has 1 amide bonds. The number of hydrogen-bond donors (Lipinski definition) is 2. The summed E-state index contributed by atoms with van der Waals surface area (Å²) in [5, 5.41) is 11.6. The fourth-order valence-electron chi connectivity index (χ4n) is 1.76. The number of aryl methyl sites for hydroxylation is 1. The van der Waals surface area contributed by atoms with Gasteiger partial charge in [-0.3, -0.25) is 4.79 Å². The zero-order chi connectivity index (χ0) is 15.0. The van der Waals surface area contributed by atoms with Crippen LogP contribution in [-0.2, 0) is 4.74 Å². The Labute approximate surface area is 120 Å². The summed E-state index contributed by atoms with van der Waals surface area (Å²) >= 11 is 0. The van der Waals surface area contributed by atoms with E-state index >= 15 is 0 Å². The van der Waals surface area contributed by atoms with Crippen LogP contribution in [0.5, 0.6) is 0 Å². The van der Waals surface area contributed by atoms with Crippen LogP contribution in [0, 0.1) is 18.8 Å². The Hall–Kier alpha value is -1.83. The predicted molar refractivity (Wildman–Crippen MR) is 78.6 cm³/mol. The van der Waals surface area contributed by atoms with Crippen LogP contribution in [0.2, 0.25) is 0 Å². The zero-order valence-corrected chi connectivity index (χ0v) is 12.2. The monoisotopic (exact) mass is 275 g/mol.